The van der Waals surface area contributed by atoms with Crippen LogP contribution in [0.3, 0.4) is 0 Å². The third-order valence-electron chi connectivity index (χ3n) is 3.33. The number of fused-ring (bicyclic) bond motifs is 2. The second-order valence-corrected chi connectivity index (χ2v) is 4.65. The number of carbonyl (C=O) groups excluding carboxylic acids is 2. The first-order valence-electron chi connectivity index (χ1n) is 6.50. The van der Waals surface area contributed by atoms with E-state index in [0.717, 1.165) is 0 Å². The molecule has 0 bridgehead atoms. The quantitative estimate of drug-likeness (QED) is 0.772. The molecule has 0 unspecified atom stereocenters. The average molecular weight is 303 g/mol. The van der Waals surface area contributed by atoms with E-state index in [1.807, 2.05) is 0 Å². The molecular formula is C15H13NO6. The molecule has 1 aromatic carbocycles. The molecule has 0 amide bonds. The van der Waals surface area contributed by atoms with Crippen molar-refractivity contribution in [2.45, 2.75) is 6.42 Å². The van der Waals surface area contributed by atoms with Gasteiger partial charge in [0.2, 0.25) is 6.79 Å². The van der Waals surface area contributed by atoms with Crippen molar-refractivity contribution >= 4 is 29.4 Å². The van der Waals surface area contributed by atoms with Gasteiger partial charge in [-0.15, -0.1) is 0 Å². The van der Waals surface area contributed by atoms with Crippen LogP contribution in [0.4, 0.5) is 5.69 Å². The maximum absolute atomic E-state index is 11.9. The van der Waals surface area contributed by atoms with Gasteiger partial charge in [-0.25, -0.2) is 14.6 Å². The molecule has 2 heterocycles. The van der Waals surface area contributed by atoms with Gasteiger partial charge in [0.05, 0.1) is 19.9 Å². The molecule has 0 fully saturated rings. The Morgan fingerprint density at radius 2 is 1.77 bits per heavy atom. The van der Waals surface area contributed by atoms with E-state index in [0.29, 0.717) is 28.3 Å². The van der Waals surface area contributed by atoms with Crippen molar-refractivity contribution in [1.29, 1.82) is 0 Å². The summed E-state index contributed by atoms with van der Waals surface area (Å²) in [4.78, 5) is 28.0. The number of benzene rings is 1. The summed E-state index contributed by atoms with van der Waals surface area (Å²) >= 11 is 0. The highest BCUT2D eigenvalue weighted by molar-refractivity contribution is 6.38. The fourth-order valence-corrected chi connectivity index (χ4v) is 2.26. The standard InChI is InChI=1S/C15H13NO6/c1-19-14(17)9-3-8-5-12-13(22-7-21-12)6-10(8)16-11(4-9)15(18)20-2/h3,5-6H,4,7H2,1-2H3. The lowest BCUT2D eigenvalue weighted by Gasteiger charge is -2.04. The monoisotopic (exact) mass is 303 g/mol. The molecule has 7 nitrogen and oxygen atoms in total. The Hall–Kier alpha value is -2.83. The van der Waals surface area contributed by atoms with Gasteiger partial charge >= 0.3 is 11.9 Å². The van der Waals surface area contributed by atoms with Gasteiger partial charge in [-0.1, -0.05) is 0 Å². The van der Waals surface area contributed by atoms with Crippen molar-refractivity contribution in [2.24, 2.45) is 4.99 Å². The summed E-state index contributed by atoms with van der Waals surface area (Å²) in [6, 6.07) is 3.38. The van der Waals surface area contributed by atoms with Gasteiger partial charge in [0.25, 0.3) is 0 Å². The number of rotatable bonds is 2. The zero-order chi connectivity index (χ0) is 15.7. The number of esters is 2. The first kappa shape index (κ1) is 14.1. The fourth-order valence-electron chi connectivity index (χ4n) is 2.26. The van der Waals surface area contributed by atoms with E-state index in [-0.39, 0.29) is 18.9 Å². The van der Waals surface area contributed by atoms with Crippen LogP contribution in [-0.4, -0.2) is 38.7 Å². The molecule has 0 saturated carbocycles. The lowest BCUT2D eigenvalue weighted by atomic mass is 10.1. The maximum atomic E-state index is 11.9. The van der Waals surface area contributed by atoms with Crippen LogP contribution in [0.1, 0.15) is 12.0 Å². The van der Waals surface area contributed by atoms with Crippen LogP contribution in [0.15, 0.2) is 22.7 Å². The first-order chi connectivity index (χ1) is 10.6. The topological polar surface area (TPSA) is 83.4 Å². The van der Waals surface area contributed by atoms with E-state index in [1.165, 1.54) is 14.2 Å². The van der Waals surface area contributed by atoms with E-state index in [1.54, 1.807) is 18.2 Å². The Morgan fingerprint density at radius 3 is 2.45 bits per heavy atom. The second kappa shape index (κ2) is 5.51. The first-order valence-corrected chi connectivity index (χ1v) is 6.50. The molecule has 0 spiro atoms. The zero-order valence-electron chi connectivity index (χ0n) is 12.0. The highest BCUT2D eigenvalue weighted by Gasteiger charge is 2.25. The van der Waals surface area contributed by atoms with Gasteiger partial charge in [0.15, 0.2) is 11.5 Å². The van der Waals surface area contributed by atoms with Crippen LogP contribution in [0, 0.1) is 0 Å². The van der Waals surface area contributed by atoms with Crippen molar-refractivity contribution in [2.75, 3.05) is 21.0 Å². The van der Waals surface area contributed by atoms with Crippen molar-refractivity contribution in [3.63, 3.8) is 0 Å². The molecule has 7 heteroatoms. The van der Waals surface area contributed by atoms with Gasteiger partial charge in [0.1, 0.15) is 5.71 Å². The van der Waals surface area contributed by atoms with Crippen molar-refractivity contribution in [3.8, 4) is 11.5 Å². The summed E-state index contributed by atoms with van der Waals surface area (Å²) in [7, 11) is 2.54. The molecule has 114 valence electrons. The van der Waals surface area contributed by atoms with Crippen LogP contribution < -0.4 is 9.47 Å². The molecule has 22 heavy (non-hydrogen) atoms. The number of carbonyl (C=O) groups is 2. The summed E-state index contributed by atoms with van der Waals surface area (Å²) in [6.07, 6.45) is 1.66. The number of methoxy groups -OCH3 is 2. The van der Waals surface area contributed by atoms with Gasteiger partial charge in [-0.3, -0.25) is 0 Å². The van der Waals surface area contributed by atoms with Crippen LogP contribution in [0.25, 0.3) is 6.08 Å². The zero-order valence-corrected chi connectivity index (χ0v) is 12.0. The van der Waals surface area contributed by atoms with Crippen molar-refractivity contribution in [1.82, 2.24) is 0 Å². The predicted octanol–water partition coefficient (Wildman–Crippen LogP) is 1.62. The average Bonchev–Trinajstić information content (AvgIpc) is 2.89. The SMILES string of the molecule is COC(=O)C1=Cc2cc3c(cc2N=C(C(=O)OC)C1)OCO3. The van der Waals surface area contributed by atoms with Crippen LogP contribution >= 0.6 is 0 Å². The number of hydrogen-bond donors (Lipinski definition) is 0. The van der Waals surface area contributed by atoms with Gasteiger partial charge < -0.3 is 18.9 Å². The Balaban J connectivity index is 2.14. The highest BCUT2D eigenvalue weighted by atomic mass is 16.7. The van der Waals surface area contributed by atoms with E-state index in [4.69, 9.17) is 18.9 Å². The number of ether oxygens (including phenoxy) is 4. The summed E-state index contributed by atoms with van der Waals surface area (Å²) in [5, 5.41) is 0. The third-order valence-corrected chi connectivity index (χ3v) is 3.33. The smallest absolute Gasteiger partial charge is 0.352 e. The van der Waals surface area contributed by atoms with Crippen LogP contribution in [-0.2, 0) is 19.1 Å². The predicted molar refractivity (Wildman–Crippen MR) is 76.3 cm³/mol. The summed E-state index contributed by atoms with van der Waals surface area (Å²) in [5.74, 6) is -0.0139. The number of hydrogen-bond acceptors (Lipinski definition) is 7. The normalized spacial score (nSPS) is 15.2. The van der Waals surface area contributed by atoms with E-state index in [9.17, 15) is 9.59 Å². The van der Waals surface area contributed by atoms with Gasteiger partial charge in [-0.2, -0.15) is 0 Å². The van der Waals surface area contributed by atoms with E-state index in [2.05, 4.69) is 4.99 Å². The van der Waals surface area contributed by atoms with Crippen molar-refractivity contribution < 1.29 is 28.5 Å². The second-order valence-electron chi connectivity index (χ2n) is 4.65. The molecule has 3 rings (SSSR count). The Bertz CT molecular complexity index is 660. The molecule has 0 aromatic heterocycles. The molecule has 0 aliphatic carbocycles. The van der Waals surface area contributed by atoms with Crippen LogP contribution in [0.2, 0.25) is 0 Å². The molecule has 1 aromatic rings. The lowest BCUT2D eigenvalue weighted by molar-refractivity contribution is -0.136. The summed E-state index contributed by atoms with van der Waals surface area (Å²) < 4.78 is 20.1. The summed E-state index contributed by atoms with van der Waals surface area (Å²) in [6.45, 7) is 0.124. The minimum Gasteiger partial charge on any atom is -0.466 e. The Labute approximate surface area is 126 Å². The molecule has 2 aliphatic heterocycles. The largest absolute Gasteiger partial charge is 0.466 e. The minimum absolute atomic E-state index is 0.0282. The molecule has 0 radical (unpaired) electrons. The van der Waals surface area contributed by atoms with Gasteiger partial charge in [-0.05, 0) is 12.1 Å². The lowest BCUT2D eigenvalue weighted by Crippen LogP contribution is -2.18. The number of nitrogens with zero attached hydrogens (tertiary/aromatic N) is 1. The fraction of sp³-hybridized carbons (Fsp3) is 0.267. The minimum atomic E-state index is -0.597. The Morgan fingerprint density at radius 1 is 1.09 bits per heavy atom. The highest BCUT2D eigenvalue weighted by Crippen LogP contribution is 2.40. The third kappa shape index (κ3) is 2.41. The maximum Gasteiger partial charge on any atom is 0.352 e. The van der Waals surface area contributed by atoms with Gasteiger partial charge in [0, 0.05) is 23.6 Å². The molecular weight excluding hydrogens is 290 g/mol. The summed E-state index contributed by atoms with van der Waals surface area (Å²) in [5.41, 5.74) is 1.58. The van der Waals surface area contributed by atoms with Crippen LogP contribution in [0.5, 0.6) is 11.5 Å². The van der Waals surface area contributed by atoms with Crippen molar-refractivity contribution in [3.05, 3.63) is 23.3 Å². The molecule has 0 saturated heterocycles. The molecule has 0 atom stereocenters. The molecule has 2 aliphatic rings. The van der Waals surface area contributed by atoms with E-state index < -0.39 is 11.9 Å². The Kier molecular flexibility index (Phi) is 3.54. The van der Waals surface area contributed by atoms with E-state index >= 15 is 0 Å². The molecule has 0 N–H and O–H groups in total. The number of aliphatic imine (C=N–C) groups is 1.